The molecular weight excluding hydrogens is 389 g/mol. The fraction of sp³-hybridized carbons (Fsp3) is 0.875. The Hall–Kier alpha value is -1.04. The molecule has 0 aliphatic rings. The maximum Gasteiger partial charge on any atom is 0.471 e. The number of unbranched alkanes of at least 4 members (excludes halogenated alkanes) is 9. The highest BCUT2D eigenvalue weighted by Crippen LogP contribution is 2.15. The first kappa shape index (κ1) is 29.0. The van der Waals surface area contributed by atoms with Crippen LogP contribution in [0.2, 0.25) is 0 Å². The minimum Gasteiger partial charge on any atom is -0.348 e. The van der Waals surface area contributed by atoms with Crippen molar-refractivity contribution in [1.82, 2.24) is 10.6 Å². The minimum absolute atomic E-state index is 0.0865. The zero-order chi connectivity index (χ0) is 22.5. The van der Waals surface area contributed by atoms with Crippen LogP contribution in [0.5, 0.6) is 0 Å². The SMILES string of the molecule is CCCCCCCCC=CCCCCCNCCC(CC)CCNC(=O)C(F)(F)F. The van der Waals surface area contributed by atoms with Gasteiger partial charge in [0.25, 0.3) is 0 Å². The normalized spacial score (nSPS) is 13.1. The van der Waals surface area contributed by atoms with Crippen molar-refractivity contribution in [3.05, 3.63) is 12.2 Å². The second-order valence-corrected chi connectivity index (χ2v) is 8.23. The summed E-state index contributed by atoms with van der Waals surface area (Å²) in [6.07, 6.45) is 16.4. The lowest BCUT2D eigenvalue weighted by Gasteiger charge is -2.16. The molecule has 0 fully saturated rings. The van der Waals surface area contributed by atoms with Gasteiger partial charge in [-0.1, -0.05) is 70.9 Å². The molecule has 0 spiro atoms. The molecule has 2 N–H and O–H groups in total. The van der Waals surface area contributed by atoms with E-state index in [4.69, 9.17) is 0 Å². The predicted octanol–water partition coefficient (Wildman–Crippen LogP) is 6.93. The van der Waals surface area contributed by atoms with E-state index < -0.39 is 12.1 Å². The first-order valence-electron chi connectivity index (χ1n) is 12.1. The third-order valence-corrected chi connectivity index (χ3v) is 5.52. The average Bonchev–Trinajstić information content (AvgIpc) is 2.71. The summed E-state index contributed by atoms with van der Waals surface area (Å²) in [5.74, 6) is -1.50. The molecule has 0 heterocycles. The van der Waals surface area contributed by atoms with Crippen molar-refractivity contribution in [3.8, 4) is 0 Å². The van der Waals surface area contributed by atoms with Crippen LogP contribution in [0.15, 0.2) is 12.2 Å². The number of nitrogens with one attached hydrogen (secondary N) is 2. The van der Waals surface area contributed by atoms with Crippen LogP contribution in [0, 0.1) is 5.92 Å². The molecule has 0 saturated heterocycles. The van der Waals surface area contributed by atoms with Gasteiger partial charge in [0.1, 0.15) is 0 Å². The summed E-state index contributed by atoms with van der Waals surface area (Å²) in [6.45, 7) is 6.24. The van der Waals surface area contributed by atoms with Gasteiger partial charge in [0, 0.05) is 6.54 Å². The van der Waals surface area contributed by atoms with Crippen LogP contribution in [0.1, 0.15) is 104 Å². The maximum atomic E-state index is 12.1. The topological polar surface area (TPSA) is 41.1 Å². The summed E-state index contributed by atoms with van der Waals surface area (Å²) in [7, 11) is 0. The van der Waals surface area contributed by atoms with Crippen molar-refractivity contribution in [2.45, 2.75) is 110 Å². The maximum absolute atomic E-state index is 12.1. The van der Waals surface area contributed by atoms with Gasteiger partial charge in [0.2, 0.25) is 0 Å². The van der Waals surface area contributed by atoms with Gasteiger partial charge in [-0.05, 0) is 64.0 Å². The van der Waals surface area contributed by atoms with Crippen LogP contribution in [0.25, 0.3) is 0 Å². The summed E-state index contributed by atoms with van der Waals surface area (Å²) in [6, 6.07) is 0. The number of rotatable bonds is 20. The number of carbonyl (C=O) groups is 1. The average molecular weight is 435 g/mol. The summed E-state index contributed by atoms with van der Waals surface area (Å²) in [5.41, 5.74) is 0. The Balaban J connectivity index is 3.44. The lowest BCUT2D eigenvalue weighted by molar-refractivity contribution is -0.173. The van der Waals surface area contributed by atoms with Gasteiger partial charge in [-0.2, -0.15) is 13.2 Å². The van der Waals surface area contributed by atoms with Crippen LogP contribution >= 0.6 is 0 Å². The number of amides is 1. The summed E-state index contributed by atoms with van der Waals surface area (Å²) in [5, 5.41) is 5.38. The van der Waals surface area contributed by atoms with Crippen molar-refractivity contribution >= 4 is 5.91 Å². The number of hydrogen-bond donors (Lipinski definition) is 2. The third-order valence-electron chi connectivity index (χ3n) is 5.52. The van der Waals surface area contributed by atoms with Gasteiger partial charge in [0.15, 0.2) is 0 Å². The molecule has 0 aliphatic heterocycles. The summed E-state index contributed by atoms with van der Waals surface area (Å²) >= 11 is 0. The van der Waals surface area contributed by atoms with Crippen LogP contribution in [0.3, 0.4) is 0 Å². The molecule has 0 aliphatic carbocycles. The van der Waals surface area contributed by atoms with Crippen molar-refractivity contribution in [2.24, 2.45) is 5.92 Å². The summed E-state index contributed by atoms with van der Waals surface area (Å²) < 4.78 is 36.4. The molecule has 0 radical (unpaired) electrons. The Morgan fingerprint density at radius 1 is 0.800 bits per heavy atom. The van der Waals surface area contributed by atoms with Crippen molar-refractivity contribution in [3.63, 3.8) is 0 Å². The first-order chi connectivity index (χ1) is 14.4. The van der Waals surface area contributed by atoms with E-state index in [2.05, 4.69) is 24.4 Å². The Morgan fingerprint density at radius 3 is 1.97 bits per heavy atom. The van der Waals surface area contributed by atoms with Gasteiger partial charge in [0.05, 0.1) is 0 Å². The molecule has 30 heavy (non-hydrogen) atoms. The quantitative estimate of drug-likeness (QED) is 0.161. The van der Waals surface area contributed by atoms with Gasteiger partial charge in [-0.15, -0.1) is 0 Å². The zero-order valence-electron chi connectivity index (χ0n) is 19.3. The number of carbonyl (C=O) groups excluding carboxylic acids is 1. The van der Waals surface area contributed by atoms with E-state index >= 15 is 0 Å². The molecule has 0 bridgehead atoms. The van der Waals surface area contributed by atoms with Gasteiger partial charge in [-0.3, -0.25) is 4.79 Å². The fourth-order valence-corrected chi connectivity index (χ4v) is 3.44. The zero-order valence-corrected chi connectivity index (χ0v) is 19.3. The van der Waals surface area contributed by atoms with Gasteiger partial charge < -0.3 is 10.6 Å². The second-order valence-electron chi connectivity index (χ2n) is 8.23. The molecule has 0 aromatic rings. The van der Waals surface area contributed by atoms with Crippen LogP contribution < -0.4 is 10.6 Å². The number of alkyl halides is 3. The lowest BCUT2D eigenvalue weighted by Crippen LogP contribution is -2.37. The molecule has 3 nitrogen and oxygen atoms in total. The molecule has 6 heteroatoms. The van der Waals surface area contributed by atoms with E-state index in [1.54, 1.807) is 0 Å². The van der Waals surface area contributed by atoms with E-state index in [1.165, 1.54) is 57.8 Å². The standard InChI is InChI=1S/C24H45F3N2O/c1-3-5-6-7-8-9-10-11-12-13-14-15-16-19-28-20-17-22(4-2)18-21-29-23(30)24(25,26)27/h11-12,22,28H,3-10,13-21H2,1-2H3,(H,29,30). The smallest absolute Gasteiger partial charge is 0.348 e. The number of allylic oxidation sites excluding steroid dienone is 2. The minimum atomic E-state index is -4.78. The van der Waals surface area contributed by atoms with Crippen molar-refractivity contribution in [1.29, 1.82) is 0 Å². The summed E-state index contributed by atoms with van der Waals surface area (Å²) in [4.78, 5) is 10.8. The van der Waals surface area contributed by atoms with Crippen LogP contribution in [-0.4, -0.2) is 31.7 Å². The van der Waals surface area contributed by atoms with E-state index in [-0.39, 0.29) is 6.54 Å². The Labute approximate surface area is 182 Å². The molecule has 0 aromatic carbocycles. The molecule has 1 atom stereocenters. The highest BCUT2D eigenvalue weighted by atomic mass is 19.4. The highest BCUT2D eigenvalue weighted by molar-refractivity contribution is 5.81. The largest absolute Gasteiger partial charge is 0.471 e. The van der Waals surface area contributed by atoms with E-state index in [0.29, 0.717) is 12.3 Å². The van der Waals surface area contributed by atoms with Gasteiger partial charge >= 0.3 is 12.1 Å². The first-order valence-corrected chi connectivity index (χ1v) is 12.1. The van der Waals surface area contributed by atoms with E-state index in [9.17, 15) is 18.0 Å². The van der Waals surface area contributed by atoms with E-state index in [0.717, 1.165) is 38.8 Å². The van der Waals surface area contributed by atoms with Gasteiger partial charge in [-0.25, -0.2) is 0 Å². The molecule has 0 rings (SSSR count). The van der Waals surface area contributed by atoms with Crippen LogP contribution in [-0.2, 0) is 4.79 Å². The third kappa shape index (κ3) is 19.0. The monoisotopic (exact) mass is 434 g/mol. The number of hydrogen-bond acceptors (Lipinski definition) is 2. The highest BCUT2D eigenvalue weighted by Gasteiger charge is 2.38. The molecule has 1 amide bonds. The molecule has 178 valence electrons. The Morgan fingerprint density at radius 2 is 1.37 bits per heavy atom. The van der Waals surface area contributed by atoms with Crippen LogP contribution in [0.4, 0.5) is 13.2 Å². The second kappa shape index (κ2) is 19.9. The lowest BCUT2D eigenvalue weighted by atomic mass is 9.98. The Kier molecular flexibility index (Phi) is 19.2. The molecule has 1 unspecified atom stereocenters. The van der Waals surface area contributed by atoms with Crippen molar-refractivity contribution < 1.29 is 18.0 Å². The predicted molar refractivity (Wildman–Crippen MR) is 121 cm³/mol. The fourth-order valence-electron chi connectivity index (χ4n) is 3.44. The molecular formula is C24H45F3N2O. The van der Waals surface area contributed by atoms with E-state index in [1.807, 2.05) is 12.2 Å². The molecule has 0 saturated carbocycles. The number of halogens is 3. The molecule has 0 aromatic heterocycles. The van der Waals surface area contributed by atoms with Crippen molar-refractivity contribution in [2.75, 3.05) is 19.6 Å². The Bertz CT molecular complexity index is 425.